The highest BCUT2D eigenvalue weighted by atomic mass is 15.3. The zero-order chi connectivity index (χ0) is 13.0. The van der Waals surface area contributed by atoms with Gasteiger partial charge in [-0.1, -0.05) is 6.92 Å². The second-order valence-electron chi connectivity index (χ2n) is 4.23. The summed E-state index contributed by atoms with van der Waals surface area (Å²) in [7, 11) is 1.89. The van der Waals surface area contributed by atoms with E-state index in [1.165, 1.54) is 0 Å². The molecule has 6 heteroatoms. The number of nitrogens with one attached hydrogen (secondary N) is 1. The molecule has 0 aliphatic carbocycles. The summed E-state index contributed by atoms with van der Waals surface area (Å²) in [4.78, 5) is 13.0. The Labute approximate surface area is 106 Å². The second-order valence-corrected chi connectivity index (χ2v) is 4.23. The Hall–Kier alpha value is -1.82. The molecule has 2 rings (SSSR count). The Bertz CT molecular complexity index is 490. The Morgan fingerprint density at radius 1 is 1.28 bits per heavy atom. The predicted molar refractivity (Wildman–Crippen MR) is 67.9 cm³/mol. The fourth-order valence-corrected chi connectivity index (χ4v) is 1.77. The normalized spacial score (nSPS) is 12.6. The maximum atomic E-state index is 4.38. The molecule has 6 nitrogen and oxygen atoms in total. The zero-order valence-corrected chi connectivity index (χ0v) is 11.0. The lowest BCUT2D eigenvalue weighted by Gasteiger charge is -2.15. The van der Waals surface area contributed by atoms with Crippen LogP contribution < -0.4 is 5.32 Å². The molecular weight excluding hydrogens is 228 g/mol. The van der Waals surface area contributed by atoms with Crippen LogP contribution in [0, 0.1) is 6.92 Å². The molecule has 0 saturated carbocycles. The SMILES string of the molecule is CCNC(Cc1ncnn1C)c1ncc(C)cn1. The van der Waals surface area contributed by atoms with Crippen molar-refractivity contribution < 1.29 is 0 Å². The van der Waals surface area contributed by atoms with Gasteiger partial charge in [-0.2, -0.15) is 5.10 Å². The van der Waals surface area contributed by atoms with E-state index in [9.17, 15) is 0 Å². The number of nitrogens with zero attached hydrogens (tertiary/aromatic N) is 5. The summed E-state index contributed by atoms with van der Waals surface area (Å²) in [5, 5.41) is 7.45. The third kappa shape index (κ3) is 2.89. The molecule has 1 N–H and O–H groups in total. The Morgan fingerprint density at radius 2 is 2.00 bits per heavy atom. The van der Waals surface area contributed by atoms with E-state index in [2.05, 4.69) is 32.3 Å². The van der Waals surface area contributed by atoms with Gasteiger partial charge in [0, 0.05) is 25.9 Å². The van der Waals surface area contributed by atoms with Crippen LogP contribution in [0.25, 0.3) is 0 Å². The molecule has 0 aliphatic rings. The number of hydrogen-bond donors (Lipinski definition) is 1. The minimum absolute atomic E-state index is 0.0681. The average molecular weight is 246 g/mol. The molecule has 2 aromatic rings. The Morgan fingerprint density at radius 3 is 2.56 bits per heavy atom. The Kier molecular flexibility index (Phi) is 3.99. The van der Waals surface area contributed by atoms with Gasteiger partial charge in [0.1, 0.15) is 18.0 Å². The van der Waals surface area contributed by atoms with Crippen LogP contribution in [-0.2, 0) is 13.5 Å². The van der Waals surface area contributed by atoms with E-state index in [0.717, 1.165) is 30.2 Å². The molecule has 0 saturated heterocycles. The minimum atomic E-state index is 0.0681. The van der Waals surface area contributed by atoms with Gasteiger partial charge in [-0.3, -0.25) is 4.68 Å². The van der Waals surface area contributed by atoms with Crippen LogP contribution in [-0.4, -0.2) is 31.3 Å². The molecule has 0 bridgehead atoms. The monoisotopic (exact) mass is 246 g/mol. The molecule has 0 amide bonds. The second kappa shape index (κ2) is 5.68. The predicted octanol–water partition coefficient (Wildman–Crippen LogP) is 0.807. The van der Waals surface area contributed by atoms with Gasteiger partial charge < -0.3 is 5.32 Å². The highest BCUT2D eigenvalue weighted by Gasteiger charge is 2.16. The maximum Gasteiger partial charge on any atom is 0.145 e. The van der Waals surface area contributed by atoms with E-state index < -0.39 is 0 Å². The lowest BCUT2D eigenvalue weighted by molar-refractivity contribution is 0.498. The van der Waals surface area contributed by atoms with Crippen molar-refractivity contribution in [3.8, 4) is 0 Å². The first-order valence-corrected chi connectivity index (χ1v) is 6.05. The van der Waals surface area contributed by atoms with Crippen LogP contribution in [0.15, 0.2) is 18.7 Å². The number of hydrogen-bond acceptors (Lipinski definition) is 5. The van der Waals surface area contributed by atoms with E-state index >= 15 is 0 Å². The van der Waals surface area contributed by atoms with Crippen LogP contribution in [0.1, 0.15) is 30.2 Å². The van der Waals surface area contributed by atoms with E-state index in [0.29, 0.717) is 0 Å². The molecule has 0 fully saturated rings. The molecular formula is C12H18N6. The first-order valence-electron chi connectivity index (χ1n) is 6.05. The van der Waals surface area contributed by atoms with Crippen LogP contribution in [0.4, 0.5) is 0 Å². The summed E-state index contributed by atoms with van der Waals surface area (Å²) < 4.78 is 1.78. The quantitative estimate of drug-likeness (QED) is 0.845. The highest BCUT2D eigenvalue weighted by Crippen LogP contribution is 2.12. The fraction of sp³-hybridized carbons (Fsp3) is 0.500. The van der Waals surface area contributed by atoms with Gasteiger partial charge >= 0.3 is 0 Å². The fourth-order valence-electron chi connectivity index (χ4n) is 1.77. The van der Waals surface area contributed by atoms with Crippen LogP contribution in [0.3, 0.4) is 0 Å². The van der Waals surface area contributed by atoms with Gasteiger partial charge in [0.2, 0.25) is 0 Å². The first-order chi connectivity index (χ1) is 8.70. The van der Waals surface area contributed by atoms with Gasteiger partial charge in [-0.15, -0.1) is 0 Å². The Balaban J connectivity index is 2.18. The van der Waals surface area contributed by atoms with Gasteiger partial charge in [0.25, 0.3) is 0 Å². The molecule has 1 unspecified atom stereocenters. The molecule has 0 aliphatic heterocycles. The molecule has 0 aromatic carbocycles. The summed E-state index contributed by atoms with van der Waals surface area (Å²) in [5.74, 6) is 1.72. The van der Waals surface area contributed by atoms with Crippen LogP contribution >= 0.6 is 0 Å². The summed E-state index contributed by atoms with van der Waals surface area (Å²) >= 11 is 0. The minimum Gasteiger partial charge on any atom is -0.307 e. The van der Waals surface area contributed by atoms with Crippen LogP contribution in [0.5, 0.6) is 0 Å². The van der Waals surface area contributed by atoms with Crippen LogP contribution in [0.2, 0.25) is 0 Å². The number of aryl methyl sites for hydroxylation is 2. The van der Waals surface area contributed by atoms with Crippen molar-refractivity contribution in [2.75, 3.05) is 6.54 Å². The number of aromatic nitrogens is 5. The summed E-state index contributed by atoms with van der Waals surface area (Å²) in [5.41, 5.74) is 1.06. The largest absolute Gasteiger partial charge is 0.307 e. The zero-order valence-electron chi connectivity index (χ0n) is 11.0. The van der Waals surface area contributed by atoms with Gasteiger partial charge in [-0.25, -0.2) is 15.0 Å². The van der Waals surface area contributed by atoms with Gasteiger partial charge in [-0.05, 0) is 19.0 Å². The smallest absolute Gasteiger partial charge is 0.145 e. The van der Waals surface area contributed by atoms with Gasteiger partial charge in [0.15, 0.2) is 0 Å². The number of likely N-dealkylation sites (N-methyl/N-ethyl adjacent to an activating group) is 1. The summed E-state index contributed by atoms with van der Waals surface area (Å²) in [6.07, 6.45) is 5.97. The van der Waals surface area contributed by atoms with Crippen molar-refractivity contribution in [2.45, 2.75) is 26.3 Å². The van der Waals surface area contributed by atoms with Crippen molar-refractivity contribution in [3.63, 3.8) is 0 Å². The summed E-state index contributed by atoms with van der Waals surface area (Å²) in [6, 6.07) is 0.0681. The molecule has 18 heavy (non-hydrogen) atoms. The molecule has 2 aromatic heterocycles. The van der Waals surface area contributed by atoms with Crippen molar-refractivity contribution in [1.82, 2.24) is 30.0 Å². The molecule has 0 spiro atoms. The third-order valence-electron chi connectivity index (χ3n) is 2.75. The topological polar surface area (TPSA) is 68.5 Å². The molecule has 0 radical (unpaired) electrons. The molecule has 96 valence electrons. The van der Waals surface area contributed by atoms with Gasteiger partial charge in [0.05, 0.1) is 6.04 Å². The third-order valence-corrected chi connectivity index (χ3v) is 2.75. The van der Waals surface area contributed by atoms with E-state index in [-0.39, 0.29) is 6.04 Å². The first kappa shape index (κ1) is 12.6. The average Bonchev–Trinajstić information content (AvgIpc) is 2.76. The number of rotatable bonds is 5. The summed E-state index contributed by atoms with van der Waals surface area (Å²) in [6.45, 7) is 4.91. The lowest BCUT2D eigenvalue weighted by Crippen LogP contribution is -2.26. The standard InChI is InChI=1S/C12H18N6/c1-4-13-10(5-11-16-8-17-18(11)3)12-14-6-9(2)7-15-12/h6-8,10,13H,4-5H2,1-3H3. The van der Waals surface area contributed by atoms with Crippen molar-refractivity contribution >= 4 is 0 Å². The van der Waals surface area contributed by atoms with E-state index in [4.69, 9.17) is 0 Å². The van der Waals surface area contributed by atoms with Crippen molar-refractivity contribution in [1.29, 1.82) is 0 Å². The van der Waals surface area contributed by atoms with Crippen molar-refractivity contribution in [3.05, 3.63) is 35.9 Å². The van der Waals surface area contributed by atoms with Crippen molar-refractivity contribution in [2.24, 2.45) is 7.05 Å². The lowest BCUT2D eigenvalue weighted by atomic mass is 10.1. The molecule has 1 atom stereocenters. The van der Waals surface area contributed by atoms with E-state index in [1.807, 2.05) is 26.4 Å². The highest BCUT2D eigenvalue weighted by molar-refractivity contribution is 5.06. The molecule has 2 heterocycles. The maximum absolute atomic E-state index is 4.38. The van der Waals surface area contributed by atoms with E-state index in [1.54, 1.807) is 11.0 Å².